The average molecular weight is 344 g/mol. The molecular weight excluding hydrogens is 326 g/mol. The van der Waals surface area contributed by atoms with Gasteiger partial charge >= 0.3 is 0 Å². The van der Waals surface area contributed by atoms with Gasteiger partial charge in [0.05, 0.1) is 6.21 Å². The zero-order valence-electron chi connectivity index (χ0n) is 13.3. The Labute approximate surface area is 145 Å². The molecule has 124 valence electrons. The number of rotatable bonds is 6. The number of hydrazone groups is 1. The highest BCUT2D eigenvalue weighted by Gasteiger charge is 2.06. The number of benzene rings is 2. The van der Waals surface area contributed by atoms with Crippen LogP contribution in [0, 0.1) is 6.92 Å². The zero-order chi connectivity index (χ0) is 17.4. The van der Waals surface area contributed by atoms with E-state index in [0.717, 1.165) is 16.8 Å². The number of amides is 2. The molecule has 2 N–H and O–H groups in total. The minimum Gasteiger partial charge on any atom is -0.326 e. The average Bonchev–Trinajstić information content (AvgIpc) is 2.55. The minimum atomic E-state index is -0.320. The molecule has 2 aromatic rings. The molecule has 2 amide bonds. The van der Waals surface area contributed by atoms with Crippen LogP contribution in [-0.2, 0) is 9.59 Å². The molecule has 0 aliphatic carbocycles. The molecule has 24 heavy (non-hydrogen) atoms. The van der Waals surface area contributed by atoms with Gasteiger partial charge < -0.3 is 5.32 Å². The molecule has 2 aromatic carbocycles. The lowest BCUT2D eigenvalue weighted by Gasteiger charge is -2.05. The van der Waals surface area contributed by atoms with Crippen LogP contribution in [0.15, 0.2) is 53.6 Å². The molecule has 2 rings (SSSR count). The van der Waals surface area contributed by atoms with Crippen molar-refractivity contribution in [3.05, 3.63) is 64.7 Å². The van der Waals surface area contributed by atoms with Crippen molar-refractivity contribution in [1.82, 2.24) is 5.43 Å². The molecule has 5 nitrogen and oxygen atoms in total. The van der Waals surface area contributed by atoms with Crippen LogP contribution in [0.1, 0.15) is 24.0 Å². The van der Waals surface area contributed by atoms with Gasteiger partial charge in [-0.05, 0) is 42.3 Å². The molecule has 0 atom stereocenters. The highest BCUT2D eigenvalue weighted by atomic mass is 35.5. The van der Waals surface area contributed by atoms with E-state index in [1.54, 1.807) is 30.3 Å². The second-order valence-corrected chi connectivity index (χ2v) is 5.70. The van der Waals surface area contributed by atoms with E-state index in [2.05, 4.69) is 15.8 Å². The van der Waals surface area contributed by atoms with Crippen molar-refractivity contribution >= 4 is 35.3 Å². The molecule has 0 radical (unpaired) electrons. The normalized spacial score (nSPS) is 10.6. The van der Waals surface area contributed by atoms with E-state index in [1.165, 1.54) is 6.21 Å². The van der Waals surface area contributed by atoms with Gasteiger partial charge in [-0.1, -0.05) is 35.9 Å². The Hall–Kier alpha value is -2.66. The molecule has 0 fully saturated rings. The van der Waals surface area contributed by atoms with Crippen molar-refractivity contribution in [2.24, 2.45) is 5.10 Å². The van der Waals surface area contributed by atoms with Gasteiger partial charge in [0.2, 0.25) is 11.8 Å². The molecular formula is C18H18ClN3O2. The summed E-state index contributed by atoms with van der Waals surface area (Å²) >= 11 is 5.78. The summed E-state index contributed by atoms with van der Waals surface area (Å²) in [4.78, 5) is 23.5. The fourth-order valence-electron chi connectivity index (χ4n) is 1.96. The number of aryl methyl sites for hydroxylation is 1. The monoisotopic (exact) mass is 343 g/mol. The van der Waals surface area contributed by atoms with Crippen molar-refractivity contribution in [2.45, 2.75) is 19.8 Å². The summed E-state index contributed by atoms with van der Waals surface area (Å²) < 4.78 is 0. The van der Waals surface area contributed by atoms with Crippen LogP contribution in [0.5, 0.6) is 0 Å². The first-order valence-corrected chi connectivity index (χ1v) is 7.85. The Kier molecular flexibility index (Phi) is 6.51. The Morgan fingerprint density at radius 2 is 1.79 bits per heavy atom. The summed E-state index contributed by atoms with van der Waals surface area (Å²) in [6.45, 7) is 1.95. The lowest BCUT2D eigenvalue weighted by Crippen LogP contribution is -2.20. The van der Waals surface area contributed by atoms with E-state index in [1.807, 2.05) is 25.1 Å². The quantitative estimate of drug-likeness (QED) is 0.622. The smallest absolute Gasteiger partial charge is 0.240 e. The van der Waals surface area contributed by atoms with Crippen LogP contribution in [0.2, 0.25) is 5.02 Å². The van der Waals surface area contributed by atoms with Gasteiger partial charge in [-0.25, -0.2) is 5.43 Å². The Bertz CT molecular complexity index is 742. The van der Waals surface area contributed by atoms with E-state index in [0.29, 0.717) is 5.02 Å². The van der Waals surface area contributed by atoms with Gasteiger partial charge in [-0.2, -0.15) is 5.10 Å². The molecule has 6 heteroatoms. The zero-order valence-corrected chi connectivity index (χ0v) is 14.0. The van der Waals surface area contributed by atoms with Crippen LogP contribution in [-0.4, -0.2) is 18.0 Å². The van der Waals surface area contributed by atoms with Crippen LogP contribution < -0.4 is 10.7 Å². The summed E-state index contributed by atoms with van der Waals surface area (Å²) in [5, 5.41) is 7.24. The van der Waals surface area contributed by atoms with Gasteiger partial charge in [0, 0.05) is 23.6 Å². The predicted octanol–water partition coefficient (Wildman–Crippen LogP) is 3.52. The van der Waals surface area contributed by atoms with E-state index in [4.69, 9.17) is 11.6 Å². The first-order valence-electron chi connectivity index (χ1n) is 7.47. The molecule has 0 spiro atoms. The standard InChI is InChI=1S/C18H18ClN3O2/c1-13-3-2-4-16(11-13)21-17(23)9-10-18(24)22-20-12-14-5-7-15(19)8-6-14/h2-8,11-12H,9-10H2,1H3,(H,21,23)(H,22,24)/b20-12+. The van der Waals surface area contributed by atoms with Crippen molar-refractivity contribution in [1.29, 1.82) is 0 Å². The number of halogens is 1. The van der Waals surface area contributed by atoms with Crippen molar-refractivity contribution in [3.63, 3.8) is 0 Å². The van der Waals surface area contributed by atoms with Crippen molar-refractivity contribution in [2.75, 3.05) is 5.32 Å². The third-order valence-electron chi connectivity index (χ3n) is 3.15. The van der Waals surface area contributed by atoms with Crippen LogP contribution >= 0.6 is 11.6 Å². The topological polar surface area (TPSA) is 70.6 Å². The molecule has 0 saturated carbocycles. The molecule has 0 aliphatic heterocycles. The molecule has 0 aliphatic rings. The number of hydrogen-bond acceptors (Lipinski definition) is 3. The summed E-state index contributed by atoms with van der Waals surface area (Å²) in [7, 11) is 0. The van der Waals surface area contributed by atoms with Gasteiger partial charge in [0.1, 0.15) is 0 Å². The van der Waals surface area contributed by atoms with E-state index >= 15 is 0 Å². The molecule has 0 saturated heterocycles. The number of nitrogens with one attached hydrogen (secondary N) is 2. The lowest BCUT2D eigenvalue weighted by atomic mass is 10.2. The number of carbonyl (C=O) groups is 2. The molecule has 0 heterocycles. The Morgan fingerprint density at radius 1 is 1.08 bits per heavy atom. The van der Waals surface area contributed by atoms with Crippen molar-refractivity contribution < 1.29 is 9.59 Å². The first-order chi connectivity index (χ1) is 11.5. The predicted molar refractivity (Wildman–Crippen MR) is 96.2 cm³/mol. The number of anilines is 1. The Morgan fingerprint density at radius 3 is 2.50 bits per heavy atom. The van der Waals surface area contributed by atoms with E-state index < -0.39 is 0 Å². The van der Waals surface area contributed by atoms with Crippen LogP contribution in [0.25, 0.3) is 0 Å². The summed E-state index contributed by atoms with van der Waals surface area (Å²) in [6, 6.07) is 14.5. The Balaban J connectivity index is 1.72. The van der Waals surface area contributed by atoms with Crippen molar-refractivity contribution in [3.8, 4) is 0 Å². The van der Waals surface area contributed by atoms with Gasteiger partial charge in [-0.15, -0.1) is 0 Å². The number of carbonyl (C=O) groups excluding carboxylic acids is 2. The second-order valence-electron chi connectivity index (χ2n) is 5.26. The maximum Gasteiger partial charge on any atom is 0.240 e. The second kappa shape index (κ2) is 8.84. The third-order valence-corrected chi connectivity index (χ3v) is 3.41. The molecule has 0 unspecified atom stereocenters. The first kappa shape index (κ1) is 17.7. The maximum atomic E-state index is 11.8. The van der Waals surface area contributed by atoms with Crippen LogP contribution in [0.3, 0.4) is 0 Å². The van der Waals surface area contributed by atoms with Gasteiger partial charge in [0.15, 0.2) is 0 Å². The van der Waals surface area contributed by atoms with Crippen LogP contribution in [0.4, 0.5) is 5.69 Å². The largest absolute Gasteiger partial charge is 0.326 e. The maximum absolute atomic E-state index is 11.8. The lowest BCUT2D eigenvalue weighted by molar-refractivity contribution is -0.124. The summed E-state index contributed by atoms with van der Waals surface area (Å²) in [5.41, 5.74) is 4.99. The van der Waals surface area contributed by atoms with Gasteiger partial charge in [0.25, 0.3) is 0 Å². The SMILES string of the molecule is Cc1cccc(NC(=O)CCC(=O)N/N=C/c2ccc(Cl)cc2)c1. The fraction of sp³-hybridized carbons (Fsp3) is 0.167. The summed E-state index contributed by atoms with van der Waals surface area (Å²) in [6.07, 6.45) is 1.67. The van der Waals surface area contributed by atoms with E-state index in [-0.39, 0.29) is 24.7 Å². The van der Waals surface area contributed by atoms with Gasteiger partial charge in [-0.3, -0.25) is 9.59 Å². The minimum absolute atomic E-state index is 0.0651. The molecule has 0 aromatic heterocycles. The number of hydrogen-bond donors (Lipinski definition) is 2. The van der Waals surface area contributed by atoms with E-state index in [9.17, 15) is 9.59 Å². The highest BCUT2D eigenvalue weighted by molar-refractivity contribution is 6.30. The summed E-state index contributed by atoms with van der Waals surface area (Å²) in [5.74, 6) is -0.531. The number of nitrogens with zero attached hydrogens (tertiary/aromatic N) is 1. The molecule has 0 bridgehead atoms. The third kappa shape index (κ3) is 6.22. The fourth-order valence-corrected chi connectivity index (χ4v) is 2.08. The highest BCUT2D eigenvalue weighted by Crippen LogP contribution is 2.10.